The molecule has 0 atom stereocenters. The van der Waals surface area contributed by atoms with E-state index in [1.165, 1.54) is 30.3 Å². The minimum atomic E-state index is -3.93. The zero-order valence-corrected chi connectivity index (χ0v) is 18.8. The van der Waals surface area contributed by atoms with Crippen LogP contribution in [-0.4, -0.2) is 38.6 Å². The number of nitrogens with one attached hydrogen (secondary N) is 2. The van der Waals surface area contributed by atoms with Crippen LogP contribution in [0.25, 0.3) is 0 Å². The molecule has 3 N–H and O–H groups in total. The van der Waals surface area contributed by atoms with Crippen LogP contribution in [0.1, 0.15) is 25.8 Å². The number of esters is 1. The lowest BCUT2D eigenvalue weighted by Gasteiger charge is -2.14. The predicted molar refractivity (Wildman–Crippen MR) is 115 cm³/mol. The van der Waals surface area contributed by atoms with Gasteiger partial charge in [-0.05, 0) is 50.1 Å². The summed E-state index contributed by atoms with van der Waals surface area (Å²) in [6.07, 6.45) is 0.587. The summed E-state index contributed by atoms with van der Waals surface area (Å²) in [4.78, 5) is 22.9. The van der Waals surface area contributed by atoms with E-state index in [2.05, 4.69) is 14.8 Å². The fourth-order valence-electron chi connectivity index (χ4n) is 2.52. The van der Waals surface area contributed by atoms with E-state index in [4.69, 9.17) is 16.3 Å². The van der Waals surface area contributed by atoms with E-state index in [9.17, 15) is 23.1 Å². The zero-order chi connectivity index (χ0) is 23.2. The molecule has 0 bridgehead atoms. The average molecular weight is 471 g/mol. The van der Waals surface area contributed by atoms with Crippen LogP contribution in [0.2, 0.25) is 5.02 Å². The molecular formula is C20H23ClN2O7S. The van der Waals surface area contributed by atoms with Gasteiger partial charge in [-0.15, -0.1) is 0 Å². The van der Waals surface area contributed by atoms with Gasteiger partial charge in [0.15, 0.2) is 0 Å². The van der Waals surface area contributed by atoms with E-state index in [-0.39, 0.29) is 40.3 Å². The number of phenolic OH excluding ortho intramolecular Hbond substituents is 1. The highest BCUT2D eigenvalue weighted by Crippen LogP contribution is 2.37. The Morgan fingerprint density at radius 3 is 2.48 bits per heavy atom. The largest absolute Gasteiger partial charge is 0.507 e. The van der Waals surface area contributed by atoms with Gasteiger partial charge in [0.25, 0.3) is 0 Å². The zero-order valence-electron chi connectivity index (χ0n) is 17.2. The van der Waals surface area contributed by atoms with E-state index in [0.29, 0.717) is 12.0 Å². The van der Waals surface area contributed by atoms with Crippen molar-refractivity contribution in [3.63, 3.8) is 0 Å². The van der Waals surface area contributed by atoms with Gasteiger partial charge in [-0.2, -0.15) is 0 Å². The second-order valence-corrected chi connectivity index (χ2v) is 8.55. The van der Waals surface area contributed by atoms with Gasteiger partial charge in [-0.3, -0.25) is 4.79 Å². The maximum Gasteiger partial charge on any atom is 0.397 e. The number of sulfonamides is 1. The van der Waals surface area contributed by atoms with Gasteiger partial charge in [0, 0.05) is 18.3 Å². The van der Waals surface area contributed by atoms with Gasteiger partial charge < -0.3 is 19.9 Å². The molecule has 0 aromatic heterocycles. The lowest BCUT2D eigenvalue weighted by atomic mass is 10.2. The Morgan fingerprint density at radius 2 is 1.87 bits per heavy atom. The Kier molecular flexibility index (Phi) is 8.26. The highest BCUT2D eigenvalue weighted by Gasteiger charge is 2.20. The monoisotopic (exact) mass is 470 g/mol. The van der Waals surface area contributed by atoms with Crippen LogP contribution in [-0.2, 0) is 24.3 Å². The lowest BCUT2D eigenvalue weighted by Crippen LogP contribution is -2.25. The van der Waals surface area contributed by atoms with Gasteiger partial charge in [-0.1, -0.05) is 18.5 Å². The molecule has 0 aliphatic carbocycles. The number of anilines is 1. The summed E-state index contributed by atoms with van der Waals surface area (Å²) in [5.74, 6) is -2.05. The van der Waals surface area contributed by atoms with Crippen LogP contribution in [0.15, 0.2) is 35.2 Å². The quantitative estimate of drug-likeness (QED) is 0.398. The molecule has 0 aliphatic rings. The van der Waals surface area contributed by atoms with E-state index < -0.39 is 27.6 Å². The molecule has 31 heavy (non-hydrogen) atoms. The van der Waals surface area contributed by atoms with Crippen molar-refractivity contribution in [3.8, 4) is 17.2 Å². The molecule has 0 heterocycles. The topological polar surface area (TPSA) is 131 Å². The third-order valence-corrected chi connectivity index (χ3v) is 5.70. The molecule has 0 saturated carbocycles. The summed E-state index contributed by atoms with van der Waals surface area (Å²) >= 11 is 6.27. The molecule has 9 nitrogen and oxygen atoms in total. The van der Waals surface area contributed by atoms with Crippen LogP contribution < -0.4 is 14.8 Å². The van der Waals surface area contributed by atoms with E-state index in [1.807, 2.05) is 6.92 Å². The second-order valence-electron chi connectivity index (χ2n) is 6.41. The van der Waals surface area contributed by atoms with Crippen molar-refractivity contribution in [1.29, 1.82) is 0 Å². The molecule has 2 aromatic rings. The summed E-state index contributed by atoms with van der Waals surface area (Å²) in [5.41, 5.74) is 0.763. The number of halogens is 1. The Morgan fingerprint density at radius 1 is 1.16 bits per heavy atom. The second kappa shape index (κ2) is 10.5. The van der Waals surface area contributed by atoms with E-state index in [1.54, 1.807) is 13.8 Å². The number of carbonyl (C=O) groups excluding carboxylic acids is 2. The molecule has 11 heteroatoms. The average Bonchev–Trinajstić information content (AvgIpc) is 2.70. The van der Waals surface area contributed by atoms with Crippen molar-refractivity contribution < 1.29 is 32.6 Å². The van der Waals surface area contributed by atoms with Crippen molar-refractivity contribution in [2.45, 2.75) is 32.1 Å². The normalized spacial score (nSPS) is 11.1. The number of aryl methyl sites for hydroxylation is 1. The van der Waals surface area contributed by atoms with Gasteiger partial charge >= 0.3 is 11.9 Å². The Bertz CT molecular complexity index is 1060. The maximum absolute atomic E-state index is 12.4. The first-order valence-corrected chi connectivity index (χ1v) is 11.2. The highest BCUT2D eigenvalue weighted by molar-refractivity contribution is 7.89. The van der Waals surface area contributed by atoms with Crippen molar-refractivity contribution >= 4 is 39.2 Å². The molecule has 0 unspecified atom stereocenters. The molecule has 2 rings (SSSR count). The molecule has 0 aliphatic heterocycles. The number of aromatic hydroxyl groups is 1. The minimum absolute atomic E-state index is 0.0666. The van der Waals surface area contributed by atoms with Crippen LogP contribution in [0.4, 0.5) is 5.69 Å². The lowest BCUT2D eigenvalue weighted by molar-refractivity contribution is -0.152. The Labute approximate surface area is 185 Å². The number of ether oxygens (including phenoxy) is 2. The van der Waals surface area contributed by atoms with Crippen LogP contribution in [0.5, 0.6) is 17.2 Å². The number of hydrogen-bond donors (Lipinski definition) is 3. The maximum atomic E-state index is 12.4. The molecular weight excluding hydrogens is 448 g/mol. The van der Waals surface area contributed by atoms with Gasteiger partial charge in [-0.25, -0.2) is 17.9 Å². The van der Waals surface area contributed by atoms with Crippen molar-refractivity contribution in [2.75, 3.05) is 18.5 Å². The number of amides is 1. The first-order chi connectivity index (χ1) is 14.6. The summed E-state index contributed by atoms with van der Waals surface area (Å²) in [6, 6.07) is 6.67. The van der Waals surface area contributed by atoms with Gasteiger partial charge in [0.2, 0.25) is 10.0 Å². The standard InChI is InChI=1S/C20H23ClN2O7S/c1-4-8-22-31(27,28)17-11-14(6-7-16(17)24)30-18-12(3)9-13(10-15(18)21)23-19(25)20(26)29-5-2/h6-7,9-11,22,24H,4-5,8H2,1-3H3,(H,23,25). The van der Waals surface area contributed by atoms with Crippen molar-refractivity contribution in [2.24, 2.45) is 0 Å². The smallest absolute Gasteiger partial charge is 0.397 e. The SMILES string of the molecule is CCCNS(=O)(=O)c1cc(Oc2c(C)cc(NC(=O)C(=O)OCC)cc2Cl)ccc1O. The summed E-state index contributed by atoms with van der Waals surface area (Å²) in [6.45, 7) is 5.33. The molecule has 0 radical (unpaired) electrons. The number of benzene rings is 2. The first-order valence-electron chi connectivity index (χ1n) is 9.37. The van der Waals surface area contributed by atoms with Gasteiger partial charge in [0.05, 0.1) is 11.6 Å². The third-order valence-electron chi connectivity index (χ3n) is 3.93. The minimum Gasteiger partial charge on any atom is -0.507 e. The fourth-order valence-corrected chi connectivity index (χ4v) is 4.06. The Balaban J connectivity index is 2.28. The molecule has 0 saturated heterocycles. The van der Waals surface area contributed by atoms with Crippen molar-refractivity contribution in [1.82, 2.24) is 4.72 Å². The molecule has 2 aromatic carbocycles. The Hall–Kier alpha value is -2.82. The summed E-state index contributed by atoms with van der Waals surface area (Å²) < 4.78 is 37.5. The van der Waals surface area contributed by atoms with Crippen LogP contribution >= 0.6 is 11.6 Å². The van der Waals surface area contributed by atoms with Crippen LogP contribution in [0, 0.1) is 6.92 Å². The molecule has 168 valence electrons. The number of hydrogen-bond acceptors (Lipinski definition) is 7. The summed E-state index contributed by atoms with van der Waals surface area (Å²) in [7, 11) is -3.93. The predicted octanol–water partition coefficient (Wildman–Crippen LogP) is 3.34. The first kappa shape index (κ1) is 24.4. The fraction of sp³-hybridized carbons (Fsp3) is 0.300. The number of phenols is 1. The third kappa shape index (κ3) is 6.33. The number of carbonyl (C=O) groups is 2. The molecule has 0 fully saturated rings. The van der Waals surface area contributed by atoms with E-state index in [0.717, 1.165) is 0 Å². The van der Waals surface area contributed by atoms with Crippen molar-refractivity contribution in [3.05, 3.63) is 40.9 Å². The number of rotatable bonds is 8. The molecule has 0 spiro atoms. The van der Waals surface area contributed by atoms with E-state index >= 15 is 0 Å². The van der Waals surface area contributed by atoms with Crippen LogP contribution in [0.3, 0.4) is 0 Å². The van der Waals surface area contributed by atoms with Gasteiger partial charge in [0.1, 0.15) is 22.1 Å². The highest BCUT2D eigenvalue weighted by atomic mass is 35.5. The summed E-state index contributed by atoms with van der Waals surface area (Å²) in [5, 5.41) is 12.5. The molecule has 1 amide bonds.